The Morgan fingerprint density at radius 3 is 2.93 bits per heavy atom. The van der Waals surface area contributed by atoms with Gasteiger partial charge in [0.1, 0.15) is 0 Å². The molecule has 3 heteroatoms. The summed E-state index contributed by atoms with van der Waals surface area (Å²) in [5, 5.41) is 0.730. The number of hydrogen-bond acceptors (Lipinski definition) is 2. The second-order valence-corrected chi connectivity index (χ2v) is 4.62. The fourth-order valence-corrected chi connectivity index (χ4v) is 2.28. The summed E-state index contributed by atoms with van der Waals surface area (Å²) in [6.45, 7) is 3.00. The van der Waals surface area contributed by atoms with Gasteiger partial charge in [0.15, 0.2) is 0 Å². The zero-order valence-corrected chi connectivity index (χ0v) is 9.58. The van der Waals surface area contributed by atoms with Gasteiger partial charge in [-0.05, 0) is 30.0 Å². The average molecular weight is 226 g/mol. The van der Waals surface area contributed by atoms with Crippen molar-refractivity contribution in [1.82, 2.24) is 0 Å². The number of benzene rings is 1. The highest BCUT2D eigenvalue weighted by Crippen LogP contribution is 2.30. The van der Waals surface area contributed by atoms with E-state index in [0.717, 1.165) is 23.6 Å². The third-order valence-corrected chi connectivity index (χ3v) is 3.27. The number of nitrogens with two attached hydrogens (primary N) is 1. The Morgan fingerprint density at radius 1 is 1.53 bits per heavy atom. The lowest BCUT2D eigenvalue weighted by Gasteiger charge is -2.22. The summed E-state index contributed by atoms with van der Waals surface area (Å²) in [6.07, 6.45) is 1.22. The van der Waals surface area contributed by atoms with E-state index in [4.69, 9.17) is 22.1 Å². The van der Waals surface area contributed by atoms with Crippen molar-refractivity contribution >= 4 is 11.6 Å². The fraction of sp³-hybridized carbons (Fsp3) is 0.500. The molecule has 2 N–H and O–H groups in total. The zero-order valence-electron chi connectivity index (χ0n) is 8.82. The Bertz CT molecular complexity index is 342. The topological polar surface area (TPSA) is 35.2 Å². The molecule has 0 bridgehead atoms. The molecular formula is C12H16ClNO. The summed E-state index contributed by atoms with van der Waals surface area (Å²) in [5.41, 5.74) is 7.23. The number of ether oxygens (including phenoxy) is 1. The van der Waals surface area contributed by atoms with Crippen molar-refractivity contribution in [2.75, 3.05) is 6.61 Å². The van der Waals surface area contributed by atoms with Gasteiger partial charge in [-0.25, -0.2) is 0 Å². The van der Waals surface area contributed by atoms with Crippen molar-refractivity contribution in [2.45, 2.75) is 25.5 Å². The largest absolute Gasteiger partial charge is 0.376 e. The first-order valence-corrected chi connectivity index (χ1v) is 5.69. The molecule has 0 spiro atoms. The van der Waals surface area contributed by atoms with Gasteiger partial charge in [-0.1, -0.05) is 30.7 Å². The van der Waals surface area contributed by atoms with Crippen LogP contribution in [0.1, 0.15) is 24.9 Å². The van der Waals surface area contributed by atoms with E-state index in [9.17, 15) is 0 Å². The maximum Gasteiger partial charge on any atom is 0.0793 e. The molecule has 1 saturated heterocycles. The van der Waals surface area contributed by atoms with Crippen LogP contribution in [0.5, 0.6) is 0 Å². The van der Waals surface area contributed by atoms with E-state index in [1.54, 1.807) is 0 Å². The molecule has 0 amide bonds. The summed E-state index contributed by atoms with van der Waals surface area (Å²) in [5.74, 6) is 0.527. The van der Waals surface area contributed by atoms with Crippen molar-refractivity contribution in [2.24, 2.45) is 11.7 Å². The highest BCUT2D eigenvalue weighted by atomic mass is 35.5. The molecule has 0 aromatic heterocycles. The van der Waals surface area contributed by atoms with Crippen LogP contribution in [-0.4, -0.2) is 12.7 Å². The van der Waals surface area contributed by atoms with Gasteiger partial charge < -0.3 is 10.5 Å². The van der Waals surface area contributed by atoms with Gasteiger partial charge >= 0.3 is 0 Å². The smallest absolute Gasteiger partial charge is 0.0793 e. The first-order valence-electron chi connectivity index (χ1n) is 5.31. The van der Waals surface area contributed by atoms with Crippen LogP contribution in [0.4, 0.5) is 0 Å². The maximum absolute atomic E-state index is 6.18. The molecule has 15 heavy (non-hydrogen) atoms. The van der Waals surface area contributed by atoms with E-state index >= 15 is 0 Å². The molecule has 0 aliphatic carbocycles. The molecule has 1 heterocycles. The minimum Gasteiger partial charge on any atom is -0.376 e. The number of rotatable bonds is 2. The van der Waals surface area contributed by atoms with Crippen molar-refractivity contribution in [3.05, 3.63) is 34.9 Å². The van der Waals surface area contributed by atoms with Crippen LogP contribution in [0, 0.1) is 5.92 Å². The SMILES string of the molecule is CC1CCOC1C(N)c1cccc(Cl)c1. The third-order valence-electron chi connectivity index (χ3n) is 3.03. The molecule has 1 aromatic rings. The molecule has 1 aromatic carbocycles. The summed E-state index contributed by atoms with van der Waals surface area (Å²) in [7, 11) is 0. The monoisotopic (exact) mass is 225 g/mol. The summed E-state index contributed by atoms with van der Waals surface area (Å²) < 4.78 is 5.65. The molecule has 2 nitrogen and oxygen atoms in total. The normalized spacial score (nSPS) is 27.9. The first-order chi connectivity index (χ1) is 7.18. The standard InChI is InChI=1S/C12H16ClNO/c1-8-5-6-15-12(8)11(14)9-3-2-4-10(13)7-9/h2-4,7-8,11-12H,5-6,14H2,1H3. The molecule has 3 atom stereocenters. The maximum atomic E-state index is 6.18. The van der Waals surface area contributed by atoms with E-state index < -0.39 is 0 Å². The van der Waals surface area contributed by atoms with E-state index in [1.807, 2.05) is 24.3 Å². The highest BCUT2D eigenvalue weighted by molar-refractivity contribution is 6.30. The van der Waals surface area contributed by atoms with Crippen LogP contribution in [0.2, 0.25) is 5.02 Å². The van der Waals surface area contributed by atoms with Crippen molar-refractivity contribution in [1.29, 1.82) is 0 Å². The quantitative estimate of drug-likeness (QED) is 0.840. The molecule has 0 saturated carbocycles. The predicted octanol–water partition coefficient (Wildman–Crippen LogP) is 2.76. The van der Waals surface area contributed by atoms with Gasteiger partial charge in [0.2, 0.25) is 0 Å². The van der Waals surface area contributed by atoms with Crippen LogP contribution in [0.3, 0.4) is 0 Å². The van der Waals surface area contributed by atoms with Crippen LogP contribution < -0.4 is 5.73 Å². The van der Waals surface area contributed by atoms with Crippen LogP contribution in [0.25, 0.3) is 0 Å². The lowest BCUT2D eigenvalue weighted by atomic mass is 9.93. The van der Waals surface area contributed by atoms with Crippen LogP contribution in [-0.2, 0) is 4.74 Å². The van der Waals surface area contributed by atoms with Gasteiger partial charge in [-0.2, -0.15) is 0 Å². The second kappa shape index (κ2) is 4.52. The second-order valence-electron chi connectivity index (χ2n) is 4.18. The van der Waals surface area contributed by atoms with Crippen molar-refractivity contribution < 1.29 is 4.74 Å². The highest BCUT2D eigenvalue weighted by Gasteiger charge is 2.30. The fourth-order valence-electron chi connectivity index (χ4n) is 2.08. The minimum atomic E-state index is -0.0683. The molecule has 1 fully saturated rings. The predicted molar refractivity (Wildman–Crippen MR) is 61.9 cm³/mol. The number of halogens is 1. The van der Waals surface area contributed by atoms with Gasteiger partial charge in [0.25, 0.3) is 0 Å². The Labute approximate surface area is 95.4 Å². The Balaban J connectivity index is 2.16. The zero-order chi connectivity index (χ0) is 10.8. The van der Waals surface area contributed by atoms with Gasteiger partial charge in [0.05, 0.1) is 12.1 Å². The van der Waals surface area contributed by atoms with Gasteiger partial charge in [0, 0.05) is 11.6 Å². The van der Waals surface area contributed by atoms with E-state index in [0.29, 0.717) is 5.92 Å². The molecule has 0 radical (unpaired) electrons. The lowest BCUT2D eigenvalue weighted by molar-refractivity contribution is 0.0725. The summed E-state index contributed by atoms with van der Waals surface area (Å²) in [4.78, 5) is 0. The molecule has 1 aliphatic heterocycles. The Morgan fingerprint density at radius 2 is 2.33 bits per heavy atom. The third kappa shape index (κ3) is 2.33. The van der Waals surface area contributed by atoms with Crippen molar-refractivity contribution in [3.63, 3.8) is 0 Å². The van der Waals surface area contributed by atoms with E-state index in [2.05, 4.69) is 6.92 Å². The Hall–Kier alpha value is -0.570. The molecule has 3 unspecified atom stereocenters. The van der Waals surface area contributed by atoms with E-state index in [1.165, 1.54) is 0 Å². The molecular weight excluding hydrogens is 210 g/mol. The minimum absolute atomic E-state index is 0.0683. The van der Waals surface area contributed by atoms with Crippen LogP contribution in [0.15, 0.2) is 24.3 Å². The van der Waals surface area contributed by atoms with Crippen LogP contribution >= 0.6 is 11.6 Å². The van der Waals surface area contributed by atoms with Gasteiger partial charge in [-0.15, -0.1) is 0 Å². The van der Waals surface area contributed by atoms with Gasteiger partial charge in [-0.3, -0.25) is 0 Å². The molecule has 2 rings (SSSR count). The first kappa shape index (κ1) is 10.9. The summed E-state index contributed by atoms with van der Waals surface area (Å²) in [6, 6.07) is 7.64. The van der Waals surface area contributed by atoms with Crippen molar-refractivity contribution in [3.8, 4) is 0 Å². The molecule has 1 aliphatic rings. The molecule has 82 valence electrons. The van der Waals surface area contributed by atoms with E-state index in [-0.39, 0.29) is 12.1 Å². The summed E-state index contributed by atoms with van der Waals surface area (Å²) >= 11 is 5.94. The number of hydrogen-bond donors (Lipinski definition) is 1. The lowest BCUT2D eigenvalue weighted by Crippen LogP contribution is -2.29. The Kier molecular flexibility index (Phi) is 3.29. The average Bonchev–Trinajstić information content (AvgIpc) is 2.63.